The minimum Gasteiger partial charge on any atom is -0.387 e. The van der Waals surface area contributed by atoms with Gasteiger partial charge in [0.1, 0.15) is 5.56 Å². The van der Waals surface area contributed by atoms with E-state index in [0.717, 1.165) is 27.9 Å². The quantitative estimate of drug-likeness (QED) is 0.407. The van der Waals surface area contributed by atoms with Gasteiger partial charge in [-0.05, 0) is 48.2 Å². The third-order valence-electron chi connectivity index (χ3n) is 6.53. The number of rotatable bonds is 8. The Morgan fingerprint density at radius 2 is 1.67 bits per heavy atom. The molecule has 0 spiro atoms. The molecular weight excluding hydrogens is 450 g/mol. The maximum atomic E-state index is 13.7. The average molecular weight is 482 g/mol. The molecule has 184 valence electrons. The van der Waals surface area contributed by atoms with Gasteiger partial charge in [-0.3, -0.25) is 14.6 Å². The van der Waals surface area contributed by atoms with E-state index in [4.69, 9.17) is 0 Å². The number of benzene rings is 2. The highest BCUT2D eigenvalue weighted by molar-refractivity contribution is 5.95. The lowest BCUT2D eigenvalue weighted by Crippen LogP contribution is -2.36. The van der Waals surface area contributed by atoms with Gasteiger partial charge in [0.25, 0.3) is 5.91 Å². The first-order valence-electron chi connectivity index (χ1n) is 12.0. The first-order valence-corrected chi connectivity index (χ1v) is 12.0. The standard InChI is InChI=1S/C30H31N3O3/c1-21-9-7-8-12-25(21)18-26-29(30(36)32(3)20-28(35)24-10-5-4-6-11-24)27(34)17-22(2)33(26)19-23-13-15-31-16-14-23/h4-17,28,35H,18-20H2,1-3H3. The van der Waals surface area contributed by atoms with Crippen molar-refractivity contribution in [2.24, 2.45) is 0 Å². The molecule has 6 nitrogen and oxygen atoms in total. The number of hydrogen-bond donors (Lipinski definition) is 1. The molecular formula is C30H31N3O3. The van der Waals surface area contributed by atoms with Crippen molar-refractivity contribution >= 4 is 5.91 Å². The Hall–Kier alpha value is -4.03. The van der Waals surface area contributed by atoms with Crippen LogP contribution in [0.3, 0.4) is 0 Å². The van der Waals surface area contributed by atoms with E-state index in [2.05, 4.69) is 4.98 Å². The molecule has 0 aliphatic carbocycles. The molecule has 1 atom stereocenters. The van der Waals surface area contributed by atoms with Crippen LogP contribution in [0.15, 0.2) is 90.0 Å². The number of nitrogens with zero attached hydrogens (tertiary/aromatic N) is 3. The Labute approximate surface area is 211 Å². The number of aryl methyl sites for hydroxylation is 2. The van der Waals surface area contributed by atoms with Crippen molar-refractivity contribution in [3.8, 4) is 0 Å². The number of aliphatic hydroxyl groups is 1. The summed E-state index contributed by atoms with van der Waals surface area (Å²) in [7, 11) is 1.62. The first-order chi connectivity index (χ1) is 17.3. The Kier molecular flexibility index (Phi) is 7.76. The number of carbonyl (C=O) groups is 1. The third kappa shape index (κ3) is 5.61. The smallest absolute Gasteiger partial charge is 0.259 e. The van der Waals surface area contributed by atoms with E-state index in [-0.39, 0.29) is 17.5 Å². The van der Waals surface area contributed by atoms with Crippen molar-refractivity contribution in [1.82, 2.24) is 14.5 Å². The van der Waals surface area contributed by atoms with E-state index < -0.39 is 12.0 Å². The van der Waals surface area contributed by atoms with E-state index >= 15 is 0 Å². The number of carbonyl (C=O) groups excluding carboxylic acids is 1. The Bertz CT molecular complexity index is 1400. The van der Waals surface area contributed by atoms with Crippen molar-refractivity contribution in [3.05, 3.63) is 135 Å². The second-order valence-corrected chi connectivity index (χ2v) is 9.13. The van der Waals surface area contributed by atoms with Crippen LogP contribution in [-0.4, -0.2) is 39.1 Å². The summed E-state index contributed by atoms with van der Waals surface area (Å²) in [5, 5.41) is 10.7. The lowest BCUT2D eigenvalue weighted by molar-refractivity contribution is 0.0677. The number of likely N-dealkylation sites (N-methyl/N-ethyl adjacent to an activating group) is 1. The maximum Gasteiger partial charge on any atom is 0.259 e. The second kappa shape index (κ2) is 11.1. The molecule has 2 aromatic carbocycles. The highest BCUT2D eigenvalue weighted by Gasteiger charge is 2.25. The molecule has 2 aromatic heterocycles. The van der Waals surface area contributed by atoms with Gasteiger partial charge in [0.2, 0.25) is 0 Å². The lowest BCUT2D eigenvalue weighted by Gasteiger charge is -2.25. The molecule has 0 saturated carbocycles. The molecule has 4 rings (SSSR count). The molecule has 0 bridgehead atoms. The van der Waals surface area contributed by atoms with Crippen LogP contribution in [0.1, 0.15) is 50.1 Å². The monoisotopic (exact) mass is 481 g/mol. The zero-order chi connectivity index (χ0) is 25.7. The summed E-state index contributed by atoms with van der Waals surface area (Å²) in [6.07, 6.45) is 3.05. The molecule has 0 fully saturated rings. The molecule has 2 heterocycles. The highest BCUT2D eigenvalue weighted by atomic mass is 16.3. The van der Waals surface area contributed by atoms with Gasteiger partial charge in [-0.15, -0.1) is 0 Å². The predicted octanol–water partition coefficient (Wildman–Crippen LogP) is 4.30. The fourth-order valence-electron chi connectivity index (χ4n) is 4.44. The van der Waals surface area contributed by atoms with E-state index in [1.807, 2.05) is 85.1 Å². The summed E-state index contributed by atoms with van der Waals surface area (Å²) >= 11 is 0. The van der Waals surface area contributed by atoms with Crippen LogP contribution in [0.2, 0.25) is 0 Å². The van der Waals surface area contributed by atoms with Gasteiger partial charge >= 0.3 is 0 Å². The summed E-state index contributed by atoms with van der Waals surface area (Å²) in [6, 6.07) is 22.6. The molecule has 1 N–H and O–H groups in total. The summed E-state index contributed by atoms with van der Waals surface area (Å²) < 4.78 is 2.04. The fraction of sp³-hybridized carbons (Fsp3) is 0.233. The predicted molar refractivity (Wildman–Crippen MR) is 141 cm³/mol. The molecule has 0 radical (unpaired) electrons. The van der Waals surface area contributed by atoms with Crippen LogP contribution in [0, 0.1) is 13.8 Å². The summed E-state index contributed by atoms with van der Waals surface area (Å²) in [4.78, 5) is 32.6. The van der Waals surface area contributed by atoms with Gasteiger partial charge in [0, 0.05) is 49.9 Å². The summed E-state index contributed by atoms with van der Waals surface area (Å²) in [6.45, 7) is 4.50. The highest BCUT2D eigenvalue weighted by Crippen LogP contribution is 2.21. The summed E-state index contributed by atoms with van der Waals surface area (Å²) in [5.41, 5.74) is 5.15. The number of aliphatic hydroxyl groups excluding tert-OH is 1. The normalized spacial score (nSPS) is 11.8. The zero-order valence-electron chi connectivity index (χ0n) is 20.9. The number of amides is 1. The van der Waals surface area contributed by atoms with Crippen molar-refractivity contribution < 1.29 is 9.90 Å². The van der Waals surface area contributed by atoms with E-state index in [1.165, 1.54) is 11.0 Å². The van der Waals surface area contributed by atoms with E-state index in [1.54, 1.807) is 19.4 Å². The van der Waals surface area contributed by atoms with Crippen LogP contribution in [0.25, 0.3) is 0 Å². The molecule has 6 heteroatoms. The molecule has 0 aliphatic rings. The molecule has 0 saturated heterocycles. The van der Waals surface area contributed by atoms with Crippen LogP contribution in [0.5, 0.6) is 0 Å². The molecule has 1 unspecified atom stereocenters. The fourth-order valence-corrected chi connectivity index (χ4v) is 4.44. The van der Waals surface area contributed by atoms with Crippen molar-refractivity contribution in [2.75, 3.05) is 13.6 Å². The molecule has 0 aliphatic heterocycles. The Morgan fingerprint density at radius 3 is 2.36 bits per heavy atom. The lowest BCUT2D eigenvalue weighted by atomic mass is 9.98. The van der Waals surface area contributed by atoms with Crippen LogP contribution >= 0.6 is 0 Å². The van der Waals surface area contributed by atoms with Crippen LogP contribution < -0.4 is 5.43 Å². The number of aromatic nitrogens is 2. The van der Waals surface area contributed by atoms with Gasteiger partial charge in [0.05, 0.1) is 12.6 Å². The zero-order valence-corrected chi connectivity index (χ0v) is 20.9. The Morgan fingerprint density at radius 1 is 1.00 bits per heavy atom. The van der Waals surface area contributed by atoms with Crippen LogP contribution in [-0.2, 0) is 13.0 Å². The second-order valence-electron chi connectivity index (χ2n) is 9.13. The SMILES string of the molecule is Cc1ccccc1Cc1c(C(=O)N(C)CC(O)c2ccccc2)c(=O)cc(C)n1Cc1ccncc1. The Balaban J connectivity index is 1.77. The maximum absolute atomic E-state index is 13.7. The van der Waals surface area contributed by atoms with Crippen molar-refractivity contribution in [1.29, 1.82) is 0 Å². The van der Waals surface area contributed by atoms with E-state index in [0.29, 0.717) is 18.7 Å². The minimum absolute atomic E-state index is 0.0737. The summed E-state index contributed by atoms with van der Waals surface area (Å²) in [5.74, 6) is -0.401. The minimum atomic E-state index is -0.857. The van der Waals surface area contributed by atoms with Crippen molar-refractivity contribution in [2.45, 2.75) is 32.9 Å². The van der Waals surface area contributed by atoms with Crippen LogP contribution in [0.4, 0.5) is 0 Å². The van der Waals surface area contributed by atoms with Gasteiger partial charge < -0.3 is 14.6 Å². The largest absolute Gasteiger partial charge is 0.387 e. The molecule has 36 heavy (non-hydrogen) atoms. The van der Waals surface area contributed by atoms with Crippen molar-refractivity contribution in [3.63, 3.8) is 0 Å². The van der Waals surface area contributed by atoms with Gasteiger partial charge in [-0.1, -0.05) is 54.6 Å². The first kappa shape index (κ1) is 25.1. The molecule has 4 aromatic rings. The van der Waals surface area contributed by atoms with Gasteiger partial charge in [-0.2, -0.15) is 0 Å². The topological polar surface area (TPSA) is 75.4 Å². The third-order valence-corrected chi connectivity index (χ3v) is 6.53. The van der Waals surface area contributed by atoms with Gasteiger partial charge in [0.15, 0.2) is 5.43 Å². The average Bonchev–Trinajstić information content (AvgIpc) is 2.88. The van der Waals surface area contributed by atoms with E-state index in [9.17, 15) is 14.7 Å². The number of pyridine rings is 2. The van der Waals surface area contributed by atoms with Gasteiger partial charge in [-0.25, -0.2) is 0 Å². The molecule has 1 amide bonds. The number of hydrogen-bond acceptors (Lipinski definition) is 4.